The summed E-state index contributed by atoms with van der Waals surface area (Å²) < 4.78 is 7.82. The number of anilines is 1. The highest BCUT2D eigenvalue weighted by molar-refractivity contribution is 7.20. The van der Waals surface area contributed by atoms with E-state index in [-0.39, 0.29) is 5.41 Å². The standard InChI is InChI=1S/C21H35N5OS/c1-15-12-24(13-16(2)27-15)9-6-17-7-10-25(11-8-17)20-23-26-14-18(21(3,4)5)22-19(26)28-20/h14-17H,6-13H2,1-5H3. The zero-order valence-corrected chi connectivity index (χ0v) is 18.8. The van der Waals surface area contributed by atoms with Gasteiger partial charge in [0.1, 0.15) is 0 Å². The summed E-state index contributed by atoms with van der Waals surface area (Å²) >= 11 is 1.72. The second-order valence-electron chi connectivity index (χ2n) is 9.72. The number of aromatic nitrogens is 3. The van der Waals surface area contributed by atoms with Crippen LogP contribution in [0.25, 0.3) is 4.96 Å². The SMILES string of the molecule is CC1CN(CCC2CCN(c3nn4cc(C(C)(C)C)nc4s3)CC2)CC(C)O1. The Morgan fingerprint density at radius 2 is 1.82 bits per heavy atom. The van der Waals surface area contributed by atoms with Crippen molar-refractivity contribution in [2.24, 2.45) is 5.92 Å². The lowest BCUT2D eigenvalue weighted by atomic mass is 9.93. The van der Waals surface area contributed by atoms with E-state index in [1.54, 1.807) is 11.3 Å². The van der Waals surface area contributed by atoms with Crippen LogP contribution < -0.4 is 4.90 Å². The van der Waals surface area contributed by atoms with E-state index in [1.807, 2.05) is 4.52 Å². The van der Waals surface area contributed by atoms with Crippen molar-refractivity contribution >= 4 is 21.4 Å². The Hall–Kier alpha value is -1.18. The fourth-order valence-electron chi connectivity index (χ4n) is 4.42. The van der Waals surface area contributed by atoms with Crippen LogP contribution in [0.5, 0.6) is 0 Å². The zero-order valence-electron chi connectivity index (χ0n) is 18.0. The van der Waals surface area contributed by atoms with Crippen LogP contribution >= 0.6 is 11.3 Å². The molecule has 28 heavy (non-hydrogen) atoms. The molecule has 0 N–H and O–H groups in total. The van der Waals surface area contributed by atoms with Gasteiger partial charge in [0.2, 0.25) is 10.1 Å². The van der Waals surface area contributed by atoms with E-state index in [1.165, 1.54) is 25.8 Å². The molecule has 6 nitrogen and oxygen atoms in total. The Kier molecular flexibility index (Phi) is 5.69. The first-order valence-electron chi connectivity index (χ1n) is 10.8. The molecule has 0 bridgehead atoms. The van der Waals surface area contributed by atoms with Gasteiger partial charge in [-0.15, -0.1) is 5.10 Å². The zero-order chi connectivity index (χ0) is 19.9. The van der Waals surface area contributed by atoms with Gasteiger partial charge in [0.25, 0.3) is 0 Å². The molecule has 4 rings (SSSR count). The smallest absolute Gasteiger partial charge is 0.214 e. The molecule has 4 heterocycles. The van der Waals surface area contributed by atoms with Gasteiger partial charge < -0.3 is 9.64 Å². The highest BCUT2D eigenvalue weighted by atomic mass is 32.1. The first kappa shape index (κ1) is 20.1. The summed E-state index contributed by atoms with van der Waals surface area (Å²) in [5, 5.41) is 5.93. The lowest BCUT2D eigenvalue weighted by molar-refractivity contribution is -0.0690. The Morgan fingerprint density at radius 1 is 1.14 bits per heavy atom. The average molecular weight is 406 g/mol. The predicted molar refractivity (Wildman–Crippen MR) is 116 cm³/mol. The van der Waals surface area contributed by atoms with Crippen LogP contribution in [0.3, 0.4) is 0 Å². The summed E-state index contributed by atoms with van der Waals surface area (Å²) in [6.07, 6.45) is 6.67. The Morgan fingerprint density at radius 3 is 2.43 bits per heavy atom. The Bertz CT molecular complexity index is 745. The quantitative estimate of drug-likeness (QED) is 0.774. The number of morpholine rings is 1. The molecule has 7 heteroatoms. The molecule has 2 unspecified atom stereocenters. The van der Waals surface area contributed by atoms with Gasteiger partial charge in [0.15, 0.2) is 0 Å². The van der Waals surface area contributed by atoms with Crippen LogP contribution in [0.15, 0.2) is 6.20 Å². The average Bonchev–Trinajstić information content (AvgIpc) is 3.18. The third-order valence-electron chi connectivity index (χ3n) is 6.03. The molecule has 0 aromatic carbocycles. The molecule has 0 radical (unpaired) electrons. The minimum Gasteiger partial charge on any atom is -0.373 e. The predicted octanol–water partition coefficient (Wildman–Crippen LogP) is 3.80. The summed E-state index contributed by atoms with van der Waals surface area (Å²) in [5.74, 6) is 0.834. The van der Waals surface area contributed by atoms with Gasteiger partial charge >= 0.3 is 0 Å². The number of piperidine rings is 1. The summed E-state index contributed by atoms with van der Waals surface area (Å²) in [6.45, 7) is 16.6. The van der Waals surface area contributed by atoms with Crippen molar-refractivity contribution in [3.8, 4) is 0 Å². The number of ether oxygens (including phenoxy) is 1. The molecule has 156 valence electrons. The van der Waals surface area contributed by atoms with E-state index in [4.69, 9.17) is 14.8 Å². The molecular weight excluding hydrogens is 370 g/mol. The van der Waals surface area contributed by atoms with Gasteiger partial charge in [-0.1, -0.05) is 32.1 Å². The third-order valence-corrected chi connectivity index (χ3v) is 7.02. The molecule has 0 spiro atoms. The highest BCUT2D eigenvalue weighted by Gasteiger charge is 2.26. The van der Waals surface area contributed by atoms with Crippen molar-refractivity contribution < 1.29 is 4.74 Å². The van der Waals surface area contributed by atoms with Gasteiger partial charge in [0, 0.05) is 31.6 Å². The molecule has 2 atom stereocenters. The van der Waals surface area contributed by atoms with Gasteiger partial charge in [0.05, 0.1) is 24.1 Å². The van der Waals surface area contributed by atoms with Gasteiger partial charge in [-0.3, -0.25) is 4.90 Å². The van der Waals surface area contributed by atoms with E-state index in [2.05, 4.69) is 50.6 Å². The maximum atomic E-state index is 5.85. The molecule has 2 aliphatic rings. The first-order valence-corrected chi connectivity index (χ1v) is 11.6. The van der Waals surface area contributed by atoms with Crippen molar-refractivity contribution in [3.63, 3.8) is 0 Å². The first-order chi connectivity index (χ1) is 13.3. The summed E-state index contributed by atoms with van der Waals surface area (Å²) in [5.41, 5.74) is 1.19. The second-order valence-corrected chi connectivity index (χ2v) is 10.7. The fourth-order valence-corrected chi connectivity index (χ4v) is 5.36. The summed E-state index contributed by atoms with van der Waals surface area (Å²) in [6, 6.07) is 0. The number of rotatable bonds is 4. The van der Waals surface area contributed by atoms with E-state index in [0.29, 0.717) is 12.2 Å². The molecule has 2 aliphatic heterocycles. The summed E-state index contributed by atoms with van der Waals surface area (Å²) in [7, 11) is 0. The molecule has 0 saturated carbocycles. The van der Waals surface area contributed by atoms with Crippen LogP contribution in [0.1, 0.15) is 59.6 Å². The fraction of sp³-hybridized carbons (Fsp3) is 0.810. The van der Waals surface area contributed by atoms with E-state index < -0.39 is 0 Å². The van der Waals surface area contributed by atoms with Gasteiger partial charge in [-0.05, 0) is 45.6 Å². The highest BCUT2D eigenvalue weighted by Crippen LogP contribution is 2.31. The summed E-state index contributed by atoms with van der Waals surface area (Å²) in [4.78, 5) is 10.8. The maximum Gasteiger partial charge on any atom is 0.214 e. The van der Waals surface area contributed by atoms with E-state index >= 15 is 0 Å². The van der Waals surface area contributed by atoms with Crippen molar-refractivity contribution in [1.82, 2.24) is 19.5 Å². The van der Waals surface area contributed by atoms with Gasteiger partial charge in [-0.25, -0.2) is 9.50 Å². The number of hydrogen-bond acceptors (Lipinski definition) is 6. The molecule has 2 saturated heterocycles. The third kappa shape index (κ3) is 4.52. The van der Waals surface area contributed by atoms with Crippen molar-refractivity contribution in [3.05, 3.63) is 11.9 Å². The molecule has 0 amide bonds. The van der Waals surface area contributed by atoms with Crippen LogP contribution in [0, 0.1) is 5.92 Å². The molecule has 2 aromatic rings. The molecule has 2 fully saturated rings. The lowest BCUT2D eigenvalue weighted by Crippen LogP contribution is -2.46. The maximum absolute atomic E-state index is 5.85. The molecule has 2 aromatic heterocycles. The lowest BCUT2D eigenvalue weighted by Gasteiger charge is -2.37. The number of imidazole rings is 1. The van der Waals surface area contributed by atoms with Crippen molar-refractivity contribution in [1.29, 1.82) is 0 Å². The number of nitrogens with zero attached hydrogens (tertiary/aromatic N) is 5. The number of hydrogen-bond donors (Lipinski definition) is 0. The van der Waals surface area contributed by atoms with Gasteiger partial charge in [-0.2, -0.15) is 0 Å². The van der Waals surface area contributed by atoms with Crippen molar-refractivity contribution in [2.45, 2.75) is 71.5 Å². The minimum absolute atomic E-state index is 0.0714. The van der Waals surface area contributed by atoms with Crippen LogP contribution in [-0.4, -0.2) is 64.4 Å². The normalized spacial score (nSPS) is 25.7. The topological polar surface area (TPSA) is 45.9 Å². The Balaban J connectivity index is 1.28. The monoisotopic (exact) mass is 405 g/mol. The largest absolute Gasteiger partial charge is 0.373 e. The molecular formula is C21H35N5OS. The van der Waals surface area contributed by atoms with Crippen LogP contribution in [-0.2, 0) is 10.2 Å². The van der Waals surface area contributed by atoms with E-state index in [9.17, 15) is 0 Å². The van der Waals surface area contributed by atoms with Crippen molar-refractivity contribution in [2.75, 3.05) is 37.6 Å². The number of fused-ring (bicyclic) bond motifs is 1. The minimum atomic E-state index is 0.0714. The molecule has 0 aliphatic carbocycles. The second kappa shape index (κ2) is 7.92. The Labute approximate surface area is 172 Å². The van der Waals surface area contributed by atoms with E-state index in [0.717, 1.165) is 47.9 Å². The van der Waals surface area contributed by atoms with Crippen LogP contribution in [0.2, 0.25) is 0 Å². The van der Waals surface area contributed by atoms with Crippen LogP contribution in [0.4, 0.5) is 5.13 Å².